The van der Waals surface area contributed by atoms with Crippen molar-refractivity contribution in [1.82, 2.24) is 4.98 Å². The fourth-order valence-corrected chi connectivity index (χ4v) is 2.37. The van der Waals surface area contributed by atoms with Gasteiger partial charge in [0.15, 0.2) is 0 Å². The normalized spacial score (nSPS) is 12.9. The molecule has 0 amide bonds. The summed E-state index contributed by atoms with van der Waals surface area (Å²) in [6, 6.07) is 6.61. The molecule has 0 aliphatic carbocycles. The van der Waals surface area contributed by atoms with E-state index in [4.69, 9.17) is 10.5 Å². The van der Waals surface area contributed by atoms with Crippen LogP contribution in [-0.2, 0) is 20.7 Å². The van der Waals surface area contributed by atoms with Gasteiger partial charge in [0.2, 0.25) is 0 Å². The first-order valence-corrected chi connectivity index (χ1v) is 7.39. The van der Waals surface area contributed by atoms with E-state index in [1.165, 1.54) is 7.11 Å². The summed E-state index contributed by atoms with van der Waals surface area (Å²) in [6.45, 7) is 5.40. The summed E-state index contributed by atoms with van der Waals surface area (Å²) in [7, 11) is 1.28. The number of nitrogens with two attached hydrogens (primary N) is 1. The Bertz CT molecular complexity index is 728. The Labute approximate surface area is 134 Å². The predicted molar refractivity (Wildman–Crippen MR) is 87.2 cm³/mol. The molecule has 1 aromatic heterocycles. The third kappa shape index (κ3) is 3.90. The van der Waals surface area contributed by atoms with Crippen LogP contribution in [0, 0.1) is 0 Å². The molecule has 0 saturated carbocycles. The fraction of sp³-hybridized carbons (Fsp3) is 0.412. The molecule has 2 rings (SSSR count). The minimum atomic E-state index is -0.847. The number of carbonyl (C=O) groups excluding carboxylic acids is 2. The van der Waals surface area contributed by atoms with Crippen molar-refractivity contribution < 1.29 is 19.1 Å². The molecule has 0 fully saturated rings. The highest BCUT2D eigenvalue weighted by Gasteiger charge is 2.26. The lowest BCUT2D eigenvalue weighted by Crippen LogP contribution is -2.34. The van der Waals surface area contributed by atoms with E-state index < -0.39 is 23.6 Å². The van der Waals surface area contributed by atoms with E-state index in [0.29, 0.717) is 11.3 Å². The zero-order valence-electron chi connectivity index (χ0n) is 13.8. The van der Waals surface area contributed by atoms with Crippen molar-refractivity contribution >= 4 is 22.8 Å². The van der Waals surface area contributed by atoms with Gasteiger partial charge in [-0.25, -0.2) is 4.79 Å². The van der Waals surface area contributed by atoms with Gasteiger partial charge in [-0.1, -0.05) is 18.2 Å². The molecule has 0 radical (unpaired) electrons. The molecule has 0 bridgehead atoms. The van der Waals surface area contributed by atoms with Crippen molar-refractivity contribution in [3.05, 3.63) is 35.5 Å². The van der Waals surface area contributed by atoms with Crippen LogP contribution in [0.15, 0.2) is 24.3 Å². The van der Waals surface area contributed by atoms with Gasteiger partial charge >= 0.3 is 11.9 Å². The number of aromatic nitrogens is 1. The minimum Gasteiger partial charge on any atom is -0.468 e. The topological polar surface area (TPSA) is 94.4 Å². The smallest absolute Gasteiger partial charge is 0.355 e. The van der Waals surface area contributed by atoms with E-state index >= 15 is 0 Å². The average molecular weight is 318 g/mol. The van der Waals surface area contributed by atoms with E-state index in [2.05, 4.69) is 9.72 Å². The zero-order valence-corrected chi connectivity index (χ0v) is 13.8. The average Bonchev–Trinajstić information content (AvgIpc) is 2.83. The largest absolute Gasteiger partial charge is 0.468 e. The number of esters is 2. The van der Waals surface area contributed by atoms with Crippen LogP contribution < -0.4 is 5.73 Å². The zero-order chi connectivity index (χ0) is 17.2. The summed E-state index contributed by atoms with van der Waals surface area (Å²) in [5.41, 5.74) is 7.02. The Kier molecular flexibility index (Phi) is 4.75. The van der Waals surface area contributed by atoms with Crippen LogP contribution in [0.2, 0.25) is 0 Å². The van der Waals surface area contributed by atoms with Crippen molar-refractivity contribution in [2.45, 2.75) is 38.8 Å². The van der Waals surface area contributed by atoms with Gasteiger partial charge in [-0.3, -0.25) is 4.79 Å². The highest BCUT2D eigenvalue weighted by Crippen LogP contribution is 2.25. The second-order valence-corrected chi connectivity index (χ2v) is 6.36. The highest BCUT2D eigenvalue weighted by atomic mass is 16.6. The first kappa shape index (κ1) is 17.0. The number of rotatable bonds is 4. The fourth-order valence-electron chi connectivity index (χ4n) is 2.37. The summed E-state index contributed by atoms with van der Waals surface area (Å²) < 4.78 is 10.1. The molecule has 1 heterocycles. The van der Waals surface area contributed by atoms with Gasteiger partial charge in [-0.2, -0.15) is 0 Å². The van der Waals surface area contributed by atoms with Crippen molar-refractivity contribution in [2.24, 2.45) is 5.73 Å². The van der Waals surface area contributed by atoms with Gasteiger partial charge in [-0.05, 0) is 32.4 Å². The van der Waals surface area contributed by atoms with E-state index in [0.717, 1.165) is 10.9 Å². The number of hydrogen-bond donors (Lipinski definition) is 2. The first-order valence-electron chi connectivity index (χ1n) is 7.39. The maximum atomic E-state index is 12.5. The molecule has 0 spiro atoms. The number of H-pyrrole nitrogens is 1. The third-order valence-electron chi connectivity index (χ3n) is 3.34. The SMILES string of the molecule is COC(=O)C(N)Cc1c(C(=O)OC(C)(C)C)[nH]c2ccccc12. The Morgan fingerprint density at radius 2 is 1.91 bits per heavy atom. The molecule has 1 aromatic carbocycles. The van der Waals surface area contributed by atoms with Crippen LogP contribution in [-0.4, -0.2) is 35.7 Å². The van der Waals surface area contributed by atoms with E-state index in [1.807, 2.05) is 24.3 Å². The standard InChI is InChI=1S/C17H22N2O4/c1-17(2,3)23-16(21)14-11(9-12(18)15(20)22-4)10-7-5-6-8-13(10)19-14/h5-8,12,19H,9,18H2,1-4H3. The Morgan fingerprint density at radius 3 is 2.52 bits per heavy atom. The summed E-state index contributed by atoms with van der Waals surface area (Å²) in [4.78, 5) is 27.1. The molecule has 3 N–H and O–H groups in total. The van der Waals surface area contributed by atoms with Gasteiger partial charge in [0, 0.05) is 17.3 Å². The Balaban J connectivity index is 2.45. The Hall–Kier alpha value is -2.34. The molecule has 6 heteroatoms. The van der Waals surface area contributed by atoms with Gasteiger partial charge in [0.1, 0.15) is 17.3 Å². The quantitative estimate of drug-likeness (QED) is 0.843. The summed E-state index contributed by atoms with van der Waals surface area (Å²) >= 11 is 0. The second kappa shape index (κ2) is 6.42. The lowest BCUT2D eigenvalue weighted by molar-refractivity contribution is -0.142. The number of aromatic amines is 1. The molecule has 23 heavy (non-hydrogen) atoms. The molecule has 6 nitrogen and oxygen atoms in total. The molecule has 1 unspecified atom stereocenters. The number of hydrogen-bond acceptors (Lipinski definition) is 5. The van der Waals surface area contributed by atoms with Crippen molar-refractivity contribution in [3.8, 4) is 0 Å². The second-order valence-electron chi connectivity index (χ2n) is 6.36. The minimum absolute atomic E-state index is 0.186. The van der Waals surface area contributed by atoms with Crippen molar-refractivity contribution in [1.29, 1.82) is 0 Å². The summed E-state index contributed by atoms with van der Waals surface area (Å²) in [5.74, 6) is -0.994. The predicted octanol–water partition coefficient (Wildman–Crippen LogP) is 2.17. The van der Waals surface area contributed by atoms with Gasteiger partial charge in [0.25, 0.3) is 0 Å². The maximum Gasteiger partial charge on any atom is 0.355 e. The third-order valence-corrected chi connectivity index (χ3v) is 3.34. The number of carbonyl (C=O) groups is 2. The molecule has 1 atom stereocenters. The summed E-state index contributed by atoms with van der Waals surface area (Å²) in [6.07, 6.45) is 0.186. The van der Waals surface area contributed by atoms with Gasteiger partial charge in [-0.15, -0.1) is 0 Å². The molecule has 2 aromatic rings. The van der Waals surface area contributed by atoms with Gasteiger partial charge < -0.3 is 20.2 Å². The molecule has 0 aliphatic heterocycles. The first-order chi connectivity index (χ1) is 10.7. The van der Waals surface area contributed by atoms with E-state index in [-0.39, 0.29) is 6.42 Å². The maximum absolute atomic E-state index is 12.5. The number of ether oxygens (including phenoxy) is 2. The molecule has 0 aliphatic rings. The molecule has 0 saturated heterocycles. The molecular weight excluding hydrogens is 296 g/mol. The molecule has 124 valence electrons. The number of nitrogens with one attached hydrogen (secondary N) is 1. The monoisotopic (exact) mass is 318 g/mol. The lowest BCUT2D eigenvalue weighted by atomic mass is 10.0. The van der Waals surface area contributed by atoms with Gasteiger partial charge in [0.05, 0.1) is 7.11 Å². The highest BCUT2D eigenvalue weighted by molar-refractivity contribution is 5.98. The van der Waals surface area contributed by atoms with Crippen LogP contribution in [0.25, 0.3) is 10.9 Å². The van der Waals surface area contributed by atoms with Crippen LogP contribution in [0.1, 0.15) is 36.8 Å². The van der Waals surface area contributed by atoms with Crippen LogP contribution in [0.4, 0.5) is 0 Å². The summed E-state index contributed by atoms with van der Waals surface area (Å²) in [5, 5.41) is 0.840. The lowest BCUT2D eigenvalue weighted by Gasteiger charge is -2.19. The van der Waals surface area contributed by atoms with Crippen LogP contribution >= 0.6 is 0 Å². The molecular formula is C17H22N2O4. The van der Waals surface area contributed by atoms with Crippen molar-refractivity contribution in [3.63, 3.8) is 0 Å². The number of fused-ring (bicyclic) bond motifs is 1. The van der Waals surface area contributed by atoms with E-state index in [1.54, 1.807) is 20.8 Å². The number of para-hydroxylation sites is 1. The number of methoxy groups -OCH3 is 1. The van der Waals surface area contributed by atoms with Crippen LogP contribution in [0.3, 0.4) is 0 Å². The van der Waals surface area contributed by atoms with Crippen molar-refractivity contribution in [2.75, 3.05) is 7.11 Å². The number of benzene rings is 1. The Morgan fingerprint density at radius 1 is 1.26 bits per heavy atom. The van der Waals surface area contributed by atoms with E-state index in [9.17, 15) is 9.59 Å². The van der Waals surface area contributed by atoms with Crippen LogP contribution in [0.5, 0.6) is 0 Å².